The number of ketones is 1. The van der Waals surface area contributed by atoms with Crippen LogP contribution in [-0.4, -0.2) is 15.6 Å². The lowest BCUT2D eigenvalue weighted by Crippen LogP contribution is -2.23. The van der Waals surface area contributed by atoms with E-state index in [4.69, 9.17) is 0 Å². The Bertz CT molecular complexity index is 1030. The zero-order valence-corrected chi connectivity index (χ0v) is 14.8. The predicted octanol–water partition coefficient (Wildman–Crippen LogP) is 4.29. The lowest BCUT2D eigenvalue weighted by molar-refractivity contribution is 0.103. The number of hydrogen-bond acceptors (Lipinski definition) is 2. The van der Waals surface area contributed by atoms with Crippen molar-refractivity contribution in [1.29, 1.82) is 0 Å². The van der Waals surface area contributed by atoms with Gasteiger partial charge in [0.2, 0.25) is 0 Å². The second-order valence-corrected chi connectivity index (χ2v) is 5.73. The van der Waals surface area contributed by atoms with Gasteiger partial charge in [-0.1, -0.05) is 24.3 Å². The Morgan fingerprint density at radius 2 is 1.74 bits per heavy atom. The zero-order valence-electron chi connectivity index (χ0n) is 14.8. The summed E-state index contributed by atoms with van der Waals surface area (Å²) in [7, 11) is 0. The molecular formula is C19H16F4N2O2. The van der Waals surface area contributed by atoms with Crippen LogP contribution in [0.15, 0.2) is 46.8 Å². The Kier molecular flexibility index (Phi) is 5.68. The van der Waals surface area contributed by atoms with Gasteiger partial charge in [0.05, 0.1) is 0 Å². The zero-order chi connectivity index (χ0) is 20.5. The standard InChI is InChI=1S/C19H16F4N2O2/c1-5-9(3)7-11(6-2)18(26)14-10(4)24-25(19(14)27)17-15(22)12(20)8-13(21)16(17)23/h5-8,24H,2H2,1,3-4H3/b9-5-,11-7+. The van der Waals surface area contributed by atoms with Crippen LogP contribution in [0.1, 0.15) is 29.9 Å². The summed E-state index contributed by atoms with van der Waals surface area (Å²) in [5.41, 5.74) is -2.08. The van der Waals surface area contributed by atoms with Gasteiger partial charge in [-0.2, -0.15) is 0 Å². The largest absolute Gasteiger partial charge is 0.294 e. The second kappa shape index (κ2) is 7.61. The quantitative estimate of drug-likeness (QED) is 0.277. The SMILES string of the molecule is C=C/C(=C\C(C)=C/C)C(=O)c1c(C)[nH]n(-c2c(F)c(F)cc(F)c2F)c1=O. The van der Waals surface area contributed by atoms with E-state index in [2.05, 4.69) is 11.7 Å². The predicted molar refractivity (Wildman–Crippen MR) is 93.0 cm³/mol. The van der Waals surface area contributed by atoms with Gasteiger partial charge in [-0.25, -0.2) is 22.2 Å². The molecule has 0 bridgehead atoms. The Hall–Kier alpha value is -3.16. The first kappa shape index (κ1) is 20.2. The highest BCUT2D eigenvalue weighted by molar-refractivity contribution is 6.11. The molecule has 27 heavy (non-hydrogen) atoms. The Morgan fingerprint density at radius 1 is 1.19 bits per heavy atom. The van der Waals surface area contributed by atoms with Crippen molar-refractivity contribution in [3.63, 3.8) is 0 Å². The Morgan fingerprint density at radius 3 is 2.22 bits per heavy atom. The molecular weight excluding hydrogens is 364 g/mol. The lowest BCUT2D eigenvalue weighted by Gasteiger charge is -2.06. The molecule has 8 heteroatoms. The van der Waals surface area contributed by atoms with Crippen LogP contribution in [-0.2, 0) is 0 Å². The summed E-state index contributed by atoms with van der Waals surface area (Å²) in [6, 6.07) is 0.0273. The molecule has 0 aliphatic carbocycles. The molecule has 0 aliphatic rings. The molecule has 2 rings (SSSR count). The molecule has 142 valence electrons. The number of allylic oxidation sites excluding steroid dienone is 5. The van der Waals surface area contributed by atoms with Gasteiger partial charge in [-0.05, 0) is 26.8 Å². The number of benzene rings is 1. The van der Waals surface area contributed by atoms with Gasteiger partial charge >= 0.3 is 0 Å². The molecule has 1 heterocycles. The highest BCUT2D eigenvalue weighted by Gasteiger charge is 2.27. The van der Waals surface area contributed by atoms with Crippen LogP contribution in [0.4, 0.5) is 17.6 Å². The van der Waals surface area contributed by atoms with Crippen molar-refractivity contribution in [2.45, 2.75) is 20.8 Å². The molecule has 4 nitrogen and oxygen atoms in total. The number of aryl methyl sites for hydroxylation is 1. The van der Waals surface area contributed by atoms with Gasteiger partial charge < -0.3 is 0 Å². The normalized spacial score (nSPS) is 12.4. The first-order chi connectivity index (χ1) is 12.6. The molecule has 0 saturated carbocycles. The van der Waals surface area contributed by atoms with Crippen molar-refractivity contribution in [1.82, 2.24) is 9.78 Å². The van der Waals surface area contributed by atoms with Crippen molar-refractivity contribution in [2.75, 3.05) is 0 Å². The molecule has 0 saturated heterocycles. The maximum atomic E-state index is 14.0. The summed E-state index contributed by atoms with van der Waals surface area (Å²) in [4.78, 5) is 25.3. The van der Waals surface area contributed by atoms with Gasteiger partial charge in [0.1, 0.15) is 11.3 Å². The van der Waals surface area contributed by atoms with Crippen molar-refractivity contribution in [2.24, 2.45) is 0 Å². The third-order valence-electron chi connectivity index (χ3n) is 3.93. The second-order valence-electron chi connectivity index (χ2n) is 5.73. The van der Waals surface area contributed by atoms with Gasteiger partial charge in [-0.15, -0.1) is 0 Å². The number of nitrogens with one attached hydrogen (secondary N) is 1. The van der Waals surface area contributed by atoms with E-state index in [9.17, 15) is 27.2 Å². The van der Waals surface area contributed by atoms with E-state index in [1.54, 1.807) is 19.9 Å². The number of nitrogens with zero attached hydrogens (tertiary/aromatic N) is 1. The number of carbonyl (C=O) groups is 1. The van der Waals surface area contributed by atoms with Crippen LogP contribution in [0.3, 0.4) is 0 Å². The fourth-order valence-electron chi connectivity index (χ4n) is 2.42. The lowest BCUT2D eigenvalue weighted by atomic mass is 10.0. The van der Waals surface area contributed by atoms with Crippen LogP contribution in [0.5, 0.6) is 0 Å². The smallest absolute Gasteiger partial charge is 0.282 e. The first-order valence-corrected chi connectivity index (χ1v) is 7.80. The first-order valence-electron chi connectivity index (χ1n) is 7.80. The minimum absolute atomic E-state index is 0.0273. The van der Waals surface area contributed by atoms with Gasteiger partial charge in [0, 0.05) is 17.3 Å². The number of H-pyrrole nitrogens is 1. The topological polar surface area (TPSA) is 54.9 Å². The van der Waals surface area contributed by atoms with Gasteiger partial charge in [-0.3, -0.25) is 14.7 Å². The number of aromatic nitrogens is 2. The van der Waals surface area contributed by atoms with E-state index in [1.165, 1.54) is 19.1 Å². The summed E-state index contributed by atoms with van der Waals surface area (Å²) in [5, 5.41) is 2.29. The molecule has 0 spiro atoms. The number of Topliss-reactive ketones (excluding diaryl/α,β-unsaturated/α-hetero) is 1. The number of rotatable bonds is 5. The highest BCUT2D eigenvalue weighted by atomic mass is 19.2. The minimum atomic E-state index is -1.76. The third-order valence-corrected chi connectivity index (χ3v) is 3.93. The minimum Gasteiger partial charge on any atom is -0.294 e. The average molecular weight is 380 g/mol. The van der Waals surface area contributed by atoms with Crippen LogP contribution >= 0.6 is 0 Å². The van der Waals surface area contributed by atoms with E-state index in [-0.39, 0.29) is 22.0 Å². The van der Waals surface area contributed by atoms with Crippen LogP contribution in [0.2, 0.25) is 0 Å². The molecule has 0 aliphatic heterocycles. The van der Waals surface area contributed by atoms with E-state index in [0.29, 0.717) is 0 Å². The Labute approximate surface area is 152 Å². The molecule has 0 fully saturated rings. The molecule has 0 amide bonds. The summed E-state index contributed by atoms with van der Waals surface area (Å²) in [5.74, 6) is -7.62. The van der Waals surface area contributed by atoms with E-state index in [1.807, 2.05) is 0 Å². The van der Waals surface area contributed by atoms with Crippen molar-refractivity contribution in [3.05, 3.63) is 86.9 Å². The van der Waals surface area contributed by atoms with Gasteiger partial charge in [0.15, 0.2) is 29.1 Å². The Balaban J connectivity index is 2.73. The molecule has 0 atom stereocenters. The summed E-state index contributed by atoms with van der Waals surface area (Å²) >= 11 is 0. The molecule has 2 aromatic rings. The van der Waals surface area contributed by atoms with Gasteiger partial charge in [0.25, 0.3) is 5.56 Å². The number of carbonyl (C=O) groups excluding carboxylic acids is 1. The molecule has 0 radical (unpaired) electrons. The molecule has 1 aromatic carbocycles. The molecule has 0 unspecified atom stereocenters. The number of aromatic amines is 1. The molecule has 1 aromatic heterocycles. The van der Waals surface area contributed by atoms with Crippen LogP contribution in [0, 0.1) is 30.2 Å². The maximum absolute atomic E-state index is 14.0. The monoisotopic (exact) mass is 380 g/mol. The number of halogens is 4. The van der Waals surface area contributed by atoms with E-state index < -0.39 is 45.9 Å². The van der Waals surface area contributed by atoms with Crippen molar-refractivity contribution < 1.29 is 22.4 Å². The van der Waals surface area contributed by atoms with Crippen LogP contribution < -0.4 is 5.56 Å². The third kappa shape index (κ3) is 3.55. The molecule has 1 N–H and O–H groups in total. The van der Waals surface area contributed by atoms with Crippen LogP contribution in [0.25, 0.3) is 5.69 Å². The fraction of sp³-hybridized carbons (Fsp3) is 0.158. The highest BCUT2D eigenvalue weighted by Crippen LogP contribution is 2.22. The summed E-state index contributed by atoms with van der Waals surface area (Å²) < 4.78 is 55.2. The van der Waals surface area contributed by atoms with E-state index >= 15 is 0 Å². The van der Waals surface area contributed by atoms with Crippen molar-refractivity contribution >= 4 is 5.78 Å². The summed E-state index contributed by atoms with van der Waals surface area (Å²) in [6.07, 6.45) is 4.43. The average Bonchev–Trinajstić information content (AvgIpc) is 2.91. The number of hydrogen-bond donors (Lipinski definition) is 1. The van der Waals surface area contributed by atoms with E-state index in [0.717, 1.165) is 5.57 Å². The van der Waals surface area contributed by atoms with Crippen molar-refractivity contribution in [3.8, 4) is 5.69 Å². The maximum Gasteiger partial charge on any atom is 0.282 e. The summed E-state index contributed by atoms with van der Waals surface area (Å²) in [6.45, 7) is 8.30. The fourth-order valence-corrected chi connectivity index (χ4v) is 2.42.